The van der Waals surface area contributed by atoms with Gasteiger partial charge in [-0.25, -0.2) is 29.9 Å². The Kier molecular flexibility index (Phi) is 14.5. The molecule has 104 heavy (non-hydrogen) atoms. The van der Waals surface area contributed by atoms with Crippen molar-refractivity contribution < 1.29 is 28.5 Å². The van der Waals surface area contributed by atoms with Crippen molar-refractivity contribution in [2.75, 3.05) is 30.0 Å². The van der Waals surface area contributed by atoms with Gasteiger partial charge in [0.05, 0.1) is 107 Å². The predicted molar refractivity (Wildman–Crippen MR) is 405 cm³/mol. The number of aryl methyl sites for hydroxylation is 1. The Morgan fingerprint density at radius 3 is 1.12 bits per heavy atom. The van der Waals surface area contributed by atoms with Gasteiger partial charge in [-0.2, -0.15) is 0 Å². The van der Waals surface area contributed by atoms with Crippen LogP contribution in [0.25, 0.3) is 135 Å². The van der Waals surface area contributed by atoms with Crippen molar-refractivity contribution in [2.45, 2.75) is 6.92 Å². The number of nitrogens with zero attached hydrogens (tertiary/aromatic N) is 8. The number of fused-ring (bicyclic) bond motifs is 14. The molecule has 0 spiro atoms. The topological polar surface area (TPSA) is 326 Å². The molecule has 0 saturated carbocycles. The quantitative estimate of drug-likeness (QED) is 0.0558. The molecule has 20 rings (SSSR count). The number of nitrogen functional groups attached to an aromatic ring is 4. The second-order valence-electron chi connectivity index (χ2n) is 25.1. The van der Waals surface area contributed by atoms with E-state index in [2.05, 4.69) is 55.0 Å². The molecule has 22 heteroatoms. The van der Waals surface area contributed by atoms with Crippen molar-refractivity contribution in [1.29, 1.82) is 0 Å². The van der Waals surface area contributed by atoms with Gasteiger partial charge in [0.15, 0.2) is 0 Å². The highest BCUT2D eigenvalue weighted by Gasteiger charge is 2.33. The first kappa shape index (κ1) is 61.5. The largest absolute Gasteiger partial charge is 0.497 e. The molecule has 0 saturated heterocycles. The number of nitrogens with one attached hydrogen (secondary N) is 4. The standard InChI is InChI=1S/C42H30N8O2.C28H14N4O3.C12H14N4O/c1-23-11-17-35-37(19-23)49-41(47-35)29-20-25(12-15-27(29)39-43-31-7-3-4-8-32(31)44-39)52-26-13-16-28(40-45-33-9-5-6-10-34(33)46-40)30(21-26)42-48-36-18-14-24(51-2)22-38(36)50-42;33-27-19-13-15(9-11-17(19)25-29-21-5-1-3-7-23(21)31(25)27)35-16-10-12-18-20(14-16)28(34)32-24-8-4-2-6-22(24)30-26(18)32;13-9-3-1-7(5-11(9)15)17-8-2-4-10(14)12(16)6-8/h3-22H,1-2H3,(H,43,44)(H,45,46)(H,47,49)(H,48,50);1-14H;1-6H,13-16H2. The lowest BCUT2D eigenvalue weighted by molar-refractivity contribution is 0.0965. The molecule has 22 nitrogen and oxygen atoms in total. The van der Waals surface area contributed by atoms with Crippen LogP contribution in [0.2, 0.25) is 0 Å². The van der Waals surface area contributed by atoms with Gasteiger partial charge in [0.25, 0.3) is 11.8 Å². The van der Waals surface area contributed by atoms with Crippen LogP contribution in [-0.2, 0) is 0 Å². The fourth-order valence-corrected chi connectivity index (χ4v) is 13.2. The molecular formula is C82H58N16O6. The highest BCUT2D eigenvalue weighted by Crippen LogP contribution is 2.43. The number of anilines is 4. The van der Waals surface area contributed by atoms with Crippen LogP contribution in [-0.4, -0.2) is 77.9 Å². The SMILES string of the molecule is COc1ccc2nc(-c3cc(Oc4ccc(-c5nc6ccccc6[nH]5)c(-c5nc6cc(C)ccc6[nH]5)c4)ccc3-c3nc4ccccc4[nH]3)[nH]c2c1.Nc1ccc(Oc2ccc(N)c(N)c2)cc1N.O=C1c2cc(Oc3ccc4c(c3)C(=O)n3c-4nc4ccccc43)ccc2-c2nc3ccccc3n21. The number of imidazole rings is 6. The van der Waals surface area contributed by atoms with Crippen molar-refractivity contribution in [2.24, 2.45) is 0 Å². The van der Waals surface area contributed by atoms with E-state index in [1.165, 1.54) is 0 Å². The van der Waals surface area contributed by atoms with Gasteiger partial charge in [-0.3, -0.25) is 18.7 Å². The number of nitrogens with two attached hydrogens (primary N) is 4. The third-order valence-corrected chi connectivity index (χ3v) is 18.4. The number of methoxy groups -OCH3 is 1. The molecule has 0 radical (unpaired) electrons. The second kappa shape index (κ2) is 24.6. The molecule has 12 N–H and O–H groups in total. The molecule has 0 amide bonds. The summed E-state index contributed by atoms with van der Waals surface area (Å²) in [7, 11) is 1.66. The van der Waals surface area contributed by atoms with Gasteiger partial charge in [0, 0.05) is 51.6 Å². The molecular weight excluding hydrogens is 1310 g/mol. The van der Waals surface area contributed by atoms with Gasteiger partial charge < -0.3 is 61.8 Å². The van der Waals surface area contributed by atoms with Gasteiger partial charge in [0.2, 0.25) is 0 Å². The summed E-state index contributed by atoms with van der Waals surface area (Å²) >= 11 is 0. The Bertz CT molecular complexity index is 6300. The molecule has 18 aromatic rings. The zero-order valence-electron chi connectivity index (χ0n) is 55.4. The monoisotopic (exact) mass is 1360 g/mol. The Balaban J connectivity index is 0.000000127. The van der Waals surface area contributed by atoms with E-state index in [1.807, 2.05) is 176 Å². The summed E-state index contributed by atoms with van der Waals surface area (Å²) in [4.78, 5) is 69.4. The number of ether oxygens (including phenoxy) is 4. The lowest BCUT2D eigenvalue weighted by Crippen LogP contribution is -2.06. The minimum Gasteiger partial charge on any atom is -0.497 e. The van der Waals surface area contributed by atoms with Crippen molar-refractivity contribution in [3.63, 3.8) is 0 Å². The van der Waals surface area contributed by atoms with E-state index >= 15 is 0 Å². The third kappa shape index (κ3) is 11.0. The average molecular weight is 1360 g/mol. The van der Waals surface area contributed by atoms with Crippen molar-refractivity contribution in [1.82, 2.24) is 59.0 Å². The molecule has 0 bridgehead atoms. The number of carbonyl (C=O) groups is 2. The summed E-state index contributed by atoms with van der Waals surface area (Å²) in [5.41, 5.74) is 42.2. The Morgan fingerprint density at radius 2 is 0.663 bits per heavy atom. The highest BCUT2D eigenvalue weighted by molar-refractivity contribution is 6.14. The molecule has 8 heterocycles. The minimum absolute atomic E-state index is 0.129. The number of hydrogen-bond donors (Lipinski definition) is 8. The number of rotatable bonds is 11. The van der Waals surface area contributed by atoms with Crippen molar-refractivity contribution in [3.8, 4) is 109 Å². The minimum atomic E-state index is -0.129. The summed E-state index contributed by atoms with van der Waals surface area (Å²) in [6.45, 7) is 2.07. The van der Waals surface area contributed by atoms with Crippen LogP contribution in [0.1, 0.15) is 26.3 Å². The number of hydrogen-bond acceptors (Lipinski definition) is 16. The van der Waals surface area contributed by atoms with Crippen LogP contribution in [0, 0.1) is 6.92 Å². The van der Waals surface area contributed by atoms with E-state index in [-0.39, 0.29) is 11.8 Å². The molecule has 2 aliphatic heterocycles. The van der Waals surface area contributed by atoms with E-state index in [0.717, 1.165) is 128 Å². The molecule has 2 aliphatic rings. The first-order chi connectivity index (χ1) is 50.8. The van der Waals surface area contributed by atoms with E-state index in [0.29, 0.717) is 85.8 Å². The molecule has 6 aromatic heterocycles. The highest BCUT2D eigenvalue weighted by atomic mass is 16.5. The number of carbonyl (C=O) groups excluding carboxylic acids is 2. The first-order valence-electron chi connectivity index (χ1n) is 33.1. The van der Waals surface area contributed by atoms with E-state index < -0.39 is 0 Å². The van der Waals surface area contributed by atoms with E-state index in [9.17, 15) is 9.59 Å². The number of aromatic amines is 4. The maximum Gasteiger partial charge on any atom is 0.265 e. The van der Waals surface area contributed by atoms with Gasteiger partial charge in [0.1, 0.15) is 75.2 Å². The van der Waals surface area contributed by atoms with Gasteiger partial charge in [-0.15, -0.1) is 0 Å². The predicted octanol–water partition coefficient (Wildman–Crippen LogP) is 17.3. The van der Waals surface area contributed by atoms with Crippen LogP contribution in [0.15, 0.2) is 243 Å². The summed E-state index contributed by atoms with van der Waals surface area (Å²) in [5, 5.41) is 0. The number of benzene rings is 12. The van der Waals surface area contributed by atoms with Gasteiger partial charge >= 0.3 is 0 Å². The number of para-hydroxylation sites is 8. The number of H-pyrrole nitrogens is 4. The normalized spacial score (nSPS) is 11.9. The maximum absolute atomic E-state index is 13.2. The van der Waals surface area contributed by atoms with Crippen LogP contribution in [0.5, 0.6) is 40.2 Å². The summed E-state index contributed by atoms with van der Waals surface area (Å²) in [6, 6.07) is 76.1. The average Bonchev–Trinajstić information content (AvgIpc) is 1.58. The van der Waals surface area contributed by atoms with Crippen LogP contribution in [0.3, 0.4) is 0 Å². The first-order valence-corrected chi connectivity index (χ1v) is 33.1. The maximum atomic E-state index is 13.2. The fraction of sp³-hybridized carbons (Fsp3) is 0.0244. The Hall–Kier alpha value is -14.8. The zero-order valence-corrected chi connectivity index (χ0v) is 55.4. The molecule has 0 atom stereocenters. The Labute approximate surface area is 590 Å². The van der Waals surface area contributed by atoms with Crippen molar-refractivity contribution >= 4 is 101 Å². The lowest BCUT2D eigenvalue weighted by Gasteiger charge is -2.12. The molecule has 0 fully saturated rings. The van der Waals surface area contributed by atoms with Crippen LogP contribution in [0.4, 0.5) is 22.7 Å². The fourth-order valence-electron chi connectivity index (χ4n) is 13.2. The van der Waals surface area contributed by atoms with Crippen LogP contribution >= 0.6 is 0 Å². The van der Waals surface area contributed by atoms with Gasteiger partial charge in [-0.1, -0.05) is 54.6 Å². The van der Waals surface area contributed by atoms with Gasteiger partial charge in [-0.05, 0) is 182 Å². The summed E-state index contributed by atoms with van der Waals surface area (Å²) in [6.07, 6.45) is 0. The molecule has 0 unspecified atom stereocenters. The Morgan fingerprint density at radius 1 is 0.298 bits per heavy atom. The molecule has 502 valence electrons. The second-order valence-corrected chi connectivity index (χ2v) is 25.1. The third-order valence-electron chi connectivity index (χ3n) is 18.4. The van der Waals surface area contributed by atoms with Crippen molar-refractivity contribution in [3.05, 3.63) is 259 Å². The van der Waals surface area contributed by atoms with Crippen LogP contribution < -0.4 is 41.9 Å². The van der Waals surface area contributed by atoms with E-state index in [1.54, 1.807) is 64.8 Å². The lowest BCUT2D eigenvalue weighted by atomic mass is 10.0. The summed E-state index contributed by atoms with van der Waals surface area (Å²) in [5.74, 6) is 8.16. The van der Waals surface area contributed by atoms with E-state index in [4.69, 9.17) is 61.8 Å². The summed E-state index contributed by atoms with van der Waals surface area (Å²) < 4.78 is 27.1. The number of aromatic nitrogens is 12. The molecule has 12 aromatic carbocycles. The zero-order chi connectivity index (χ0) is 70.4. The molecule has 0 aliphatic carbocycles. The smallest absolute Gasteiger partial charge is 0.265 e.